The molecule has 2 N–H and O–H groups in total. The predicted molar refractivity (Wildman–Crippen MR) is 60.1 cm³/mol. The molecule has 0 unspecified atom stereocenters. The molecule has 0 spiro atoms. The van der Waals surface area contributed by atoms with Gasteiger partial charge in [0, 0.05) is 6.54 Å². The van der Waals surface area contributed by atoms with E-state index in [0.717, 1.165) is 28.9 Å². The number of aromatic nitrogens is 2. The Balaban J connectivity index is 2.68. The van der Waals surface area contributed by atoms with E-state index in [0.29, 0.717) is 6.54 Å². The van der Waals surface area contributed by atoms with Crippen molar-refractivity contribution in [3.05, 3.63) is 23.9 Å². The topological polar surface area (TPSA) is 53.1 Å². The highest BCUT2D eigenvalue weighted by Gasteiger charge is 2.10. The van der Waals surface area contributed by atoms with Crippen LogP contribution in [0.25, 0.3) is 10.9 Å². The van der Waals surface area contributed by atoms with Crippen LogP contribution in [-0.4, -0.2) is 23.4 Å². The molecule has 4 nitrogen and oxygen atoms in total. The van der Waals surface area contributed by atoms with Gasteiger partial charge in [0.25, 0.3) is 0 Å². The van der Waals surface area contributed by atoms with Crippen molar-refractivity contribution in [1.29, 1.82) is 0 Å². The minimum absolute atomic E-state index is 0.591. The van der Waals surface area contributed by atoms with Crippen molar-refractivity contribution in [2.75, 3.05) is 13.7 Å². The molecule has 0 aliphatic heterocycles. The van der Waals surface area contributed by atoms with E-state index < -0.39 is 0 Å². The lowest BCUT2D eigenvalue weighted by atomic mass is 10.2. The summed E-state index contributed by atoms with van der Waals surface area (Å²) in [6, 6.07) is 5.95. The molecule has 0 radical (unpaired) electrons. The highest BCUT2D eigenvalue weighted by molar-refractivity contribution is 5.88. The van der Waals surface area contributed by atoms with Crippen molar-refractivity contribution in [3.8, 4) is 5.75 Å². The molecule has 2 rings (SSSR count). The van der Waals surface area contributed by atoms with Gasteiger partial charge in [-0.2, -0.15) is 5.10 Å². The Bertz CT molecular complexity index is 476. The van der Waals surface area contributed by atoms with Gasteiger partial charge in [-0.3, -0.25) is 4.68 Å². The first-order chi connectivity index (χ1) is 7.27. The lowest BCUT2D eigenvalue weighted by Crippen LogP contribution is -2.10. The predicted octanol–water partition coefficient (Wildman–Crippen LogP) is 1.31. The number of fused-ring (bicyclic) bond motifs is 1. The summed E-state index contributed by atoms with van der Waals surface area (Å²) in [6.45, 7) is 3.31. The third kappa shape index (κ3) is 1.57. The molecule has 0 bridgehead atoms. The smallest absolute Gasteiger partial charge is 0.130 e. The van der Waals surface area contributed by atoms with Crippen molar-refractivity contribution in [3.63, 3.8) is 0 Å². The van der Waals surface area contributed by atoms with Crippen molar-refractivity contribution >= 4 is 10.9 Å². The summed E-state index contributed by atoms with van der Waals surface area (Å²) in [5.74, 6) is 0.869. The fourth-order valence-electron chi connectivity index (χ4n) is 1.85. The summed E-state index contributed by atoms with van der Waals surface area (Å²) in [5.41, 5.74) is 7.60. The molecule has 1 aromatic carbocycles. The van der Waals surface area contributed by atoms with Crippen LogP contribution in [0.15, 0.2) is 18.2 Å². The first-order valence-corrected chi connectivity index (χ1v) is 4.98. The summed E-state index contributed by atoms with van der Waals surface area (Å²) in [7, 11) is 1.68. The number of benzene rings is 1. The second kappa shape index (κ2) is 3.90. The molecule has 0 saturated carbocycles. The number of nitrogens with zero attached hydrogens (tertiary/aromatic N) is 2. The van der Waals surface area contributed by atoms with Crippen molar-refractivity contribution in [2.24, 2.45) is 5.73 Å². The summed E-state index contributed by atoms with van der Waals surface area (Å²) in [6.07, 6.45) is 0. The normalized spacial score (nSPS) is 10.9. The lowest BCUT2D eigenvalue weighted by molar-refractivity contribution is 0.419. The van der Waals surface area contributed by atoms with Crippen LogP contribution in [0.2, 0.25) is 0 Å². The molecular weight excluding hydrogens is 190 g/mol. The largest absolute Gasteiger partial charge is 0.496 e. The van der Waals surface area contributed by atoms with Gasteiger partial charge in [-0.25, -0.2) is 0 Å². The number of ether oxygens (including phenoxy) is 1. The molecule has 0 aliphatic rings. The Morgan fingerprint density at radius 1 is 1.47 bits per heavy atom. The number of rotatable bonds is 3. The van der Waals surface area contributed by atoms with Gasteiger partial charge >= 0.3 is 0 Å². The van der Waals surface area contributed by atoms with E-state index in [1.807, 2.05) is 29.8 Å². The second-order valence-corrected chi connectivity index (χ2v) is 3.45. The fraction of sp³-hybridized carbons (Fsp3) is 0.364. The summed E-state index contributed by atoms with van der Waals surface area (Å²) >= 11 is 0. The number of aryl methyl sites for hydroxylation is 1. The van der Waals surface area contributed by atoms with Gasteiger partial charge in [0.15, 0.2) is 0 Å². The maximum atomic E-state index is 5.54. The van der Waals surface area contributed by atoms with Gasteiger partial charge in [-0.15, -0.1) is 0 Å². The highest BCUT2D eigenvalue weighted by atomic mass is 16.5. The molecule has 80 valence electrons. The van der Waals surface area contributed by atoms with Crippen LogP contribution in [-0.2, 0) is 6.54 Å². The van der Waals surface area contributed by atoms with Crippen LogP contribution < -0.4 is 10.5 Å². The first-order valence-electron chi connectivity index (χ1n) is 4.98. The van der Waals surface area contributed by atoms with E-state index >= 15 is 0 Å². The molecule has 1 heterocycles. The van der Waals surface area contributed by atoms with Crippen LogP contribution in [0, 0.1) is 6.92 Å². The molecule has 2 aromatic rings. The number of hydrogen-bond acceptors (Lipinski definition) is 3. The summed E-state index contributed by atoms with van der Waals surface area (Å²) in [4.78, 5) is 0. The highest BCUT2D eigenvalue weighted by Crippen LogP contribution is 2.27. The third-order valence-corrected chi connectivity index (χ3v) is 2.48. The number of methoxy groups -OCH3 is 1. The van der Waals surface area contributed by atoms with Crippen LogP contribution in [0.4, 0.5) is 0 Å². The van der Waals surface area contributed by atoms with Gasteiger partial charge in [0.05, 0.1) is 30.3 Å². The SMILES string of the molecule is COc1cccc2c1c(C)nn2CCN. The van der Waals surface area contributed by atoms with Gasteiger partial charge in [0.2, 0.25) is 0 Å². The average molecular weight is 205 g/mol. The molecule has 4 heteroatoms. The second-order valence-electron chi connectivity index (χ2n) is 3.45. The van der Waals surface area contributed by atoms with Crippen LogP contribution in [0.5, 0.6) is 5.75 Å². The van der Waals surface area contributed by atoms with Gasteiger partial charge in [-0.1, -0.05) is 6.07 Å². The Labute approximate surface area is 88.6 Å². The van der Waals surface area contributed by atoms with E-state index in [1.165, 1.54) is 0 Å². The van der Waals surface area contributed by atoms with E-state index in [9.17, 15) is 0 Å². The summed E-state index contributed by atoms with van der Waals surface area (Å²) in [5, 5.41) is 5.52. The molecule has 0 fully saturated rings. The van der Waals surface area contributed by atoms with Gasteiger partial charge in [0.1, 0.15) is 5.75 Å². The van der Waals surface area contributed by atoms with Gasteiger partial charge < -0.3 is 10.5 Å². The summed E-state index contributed by atoms with van der Waals surface area (Å²) < 4.78 is 7.24. The molecule has 15 heavy (non-hydrogen) atoms. The molecular formula is C11H15N3O. The van der Waals surface area contributed by atoms with Crippen molar-refractivity contribution in [1.82, 2.24) is 9.78 Å². The lowest BCUT2D eigenvalue weighted by Gasteiger charge is -2.03. The fourth-order valence-corrected chi connectivity index (χ4v) is 1.85. The van der Waals surface area contributed by atoms with Crippen LogP contribution in [0.1, 0.15) is 5.69 Å². The quantitative estimate of drug-likeness (QED) is 0.822. The number of nitrogens with two attached hydrogens (primary N) is 1. The molecule has 0 amide bonds. The molecule has 1 aromatic heterocycles. The third-order valence-electron chi connectivity index (χ3n) is 2.48. The molecule has 0 aliphatic carbocycles. The minimum Gasteiger partial charge on any atom is -0.496 e. The monoisotopic (exact) mass is 205 g/mol. The maximum absolute atomic E-state index is 5.54. The number of hydrogen-bond donors (Lipinski definition) is 1. The van der Waals surface area contributed by atoms with Crippen molar-refractivity contribution < 1.29 is 4.74 Å². The Kier molecular flexibility index (Phi) is 2.60. The Hall–Kier alpha value is -1.55. The zero-order valence-corrected chi connectivity index (χ0v) is 9.03. The van der Waals surface area contributed by atoms with E-state index in [4.69, 9.17) is 10.5 Å². The molecule has 0 atom stereocenters. The minimum atomic E-state index is 0.591. The van der Waals surface area contributed by atoms with E-state index in [-0.39, 0.29) is 0 Å². The van der Waals surface area contributed by atoms with Crippen LogP contribution in [0.3, 0.4) is 0 Å². The van der Waals surface area contributed by atoms with E-state index in [2.05, 4.69) is 5.10 Å². The Morgan fingerprint density at radius 3 is 2.93 bits per heavy atom. The molecule has 0 saturated heterocycles. The standard InChI is InChI=1S/C11H15N3O/c1-8-11-9(14(13-8)7-6-12)4-3-5-10(11)15-2/h3-5H,6-7,12H2,1-2H3. The average Bonchev–Trinajstić information content (AvgIpc) is 2.57. The zero-order valence-electron chi connectivity index (χ0n) is 9.03. The maximum Gasteiger partial charge on any atom is 0.130 e. The Morgan fingerprint density at radius 2 is 2.27 bits per heavy atom. The first kappa shape index (κ1) is 9.98. The zero-order chi connectivity index (χ0) is 10.8. The van der Waals surface area contributed by atoms with Gasteiger partial charge in [-0.05, 0) is 19.1 Å². The van der Waals surface area contributed by atoms with E-state index in [1.54, 1.807) is 7.11 Å². The van der Waals surface area contributed by atoms with Crippen LogP contribution >= 0.6 is 0 Å². The van der Waals surface area contributed by atoms with Crippen molar-refractivity contribution in [2.45, 2.75) is 13.5 Å².